The Bertz CT molecular complexity index is 1100. The largest absolute Gasteiger partial charge is 0.492 e. The average Bonchev–Trinajstić information content (AvgIpc) is 3.15. The predicted octanol–water partition coefficient (Wildman–Crippen LogP) is 12.3. The summed E-state index contributed by atoms with van der Waals surface area (Å²) in [5, 5.41) is 9.57. The van der Waals surface area contributed by atoms with Crippen LogP contribution in [0.2, 0.25) is 0 Å². The Morgan fingerprint density at radius 2 is 1.14 bits per heavy atom. The first kappa shape index (κ1) is 54.0. The summed E-state index contributed by atoms with van der Waals surface area (Å²) in [5.74, 6) is -0.343. The van der Waals surface area contributed by atoms with Gasteiger partial charge in [-0.3, -0.25) is 13.8 Å². The predicted molar refractivity (Wildman–Crippen MR) is 234 cm³/mol. The zero-order valence-corrected chi connectivity index (χ0v) is 37.4. The summed E-state index contributed by atoms with van der Waals surface area (Å²) in [7, 11) is 1.62. The third-order valence-corrected chi connectivity index (χ3v) is 10.3. The molecule has 0 aromatic heterocycles. The summed E-state index contributed by atoms with van der Waals surface area (Å²) in [6.45, 7) is 4.55. The van der Waals surface area contributed by atoms with Crippen LogP contribution in [0.5, 0.6) is 0 Å². The molecule has 0 amide bonds. The van der Waals surface area contributed by atoms with E-state index in [4.69, 9.17) is 18.5 Å². The highest BCUT2D eigenvalue weighted by molar-refractivity contribution is 7.47. The Hall–Kier alpha value is -2.00. The standard InChI is InChI=1S/C46H84NO8P/c1-6-8-9-10-11-12-13-14-15-18-21-24-27-30-33-36-40-52-45(43-55-56(50,51)54-41-39-47(3,4)5)42-53-46(49)38-35-32-29-26-23-20-17-16-19-22-25-28-31-34-37-44(48)7-2/h17,19-20,22,26,28-29,31,36,40,44-45,48H,6-16,18,21,23-25,27,30,32-35,37-39,41-43H2,1-5H3/p+1/b20-17-,22-19-,29-26-,31-28-,40-36+/t44-,45+/m0/s1. The number of carbonyl (C=O) groups is 1. The van der Waals surface area contributed by atoms with Crippen molar-refractivity contribution in [2.75, 3.05) is 47.5 Å². The number of hydrogen-bond acceptors (Lipinski definition) is 7. The number of nitrogens with zero attached hydrogens (tertiary/aromatic N) is 1. The van der Waals surface area contributed by atoms with Crippen LogP contribution in [0.1, 0.15) is 168 Å². The van der Waals surface area contributed by atoms with Gasteiger partial charge in [0.15, 0.2) is 6.10 Å². The van der Waals surface area contributed by atoms with Gasteiger partial charge in [0.1, 0.15) is 19.8 Å². The van der Waals surface area contributed by atoms with E-state index in [2.05, 4.69) is 55.5 Å². The zero-order valence-electron chi connectivity index (χ0n) is 36.5. The van der Waals surface area contributed by atoms with Gasteiger partial charge >= 0.3 is 13.8 Å². The number of esters is 1. The quantitative estimate of drug-likeness (QED) is 0.0157. The van der Waals surface area contributed by atoms with Crippen LogP contribution in [-0.4, -0.2) is 80.2 Å². The molecule has 0 aliphatic rings. The van der Waals surface area contributed by atoms with Gasteiger partial charge in [-0.25, -0.2) is 4.57 Å². The number of phosphoric acid groups is 1. The lowest BCUT2D eigenvalue weighted by molar-refractivity contribution is -0.870. The first-order valence-corrected chi connectivity index (χ1v) is 23.6. The second-order valence-corrected chi connectivity index (χ2v) is 17.4. The zero-order chi connectivity index (χ0) is 41.4. The molecular weight excluding hydrogens is 725 g/mol. The van der Waals surface area contributed by atoms with Crippen LogP contribution < -0.4 is 0 Å². The van der Waals surface area contributed by atoms with E-state index in [1.165, 1.54) is 83.5 Å². The molecule has 10 heteroatoms. The lowest BCUT2D eigenvalue weighted by atomic mass is 10.0. The van der Waals surface area contributed by atoms with Crippen LogP contribution in [0.3, 0.4) is 0 Å². The van der Waals surface area contributed by atoms with Crippen LogP contribution in [0.25, 0.3) is 0 Å². The smallest absolute Gasteiger partial charge is 0.472 e. The molecule has 1 unspecified atom stereocenters. The van der Waals surface area contributed by atoms with E-state index < -0.39 is 13.9 Å². The molecule has 0 aromatic carbocycles. The van der Waals surface area contributed by atoms with Gasteiger partial charge in [-0.2, -0.15) is 0 Å². The highest BCUT2D eigenvalue weighted by Gasteiger charge is 2.25. The van der Waals surface area contributed by atoms with Crippen molar-refractivity contribution in [3.8, 4) is 0 Å². The van der Waals surface area contributed by atoms with Crippen LogP contribution >= 0.6 is 7.82 Å². The van der Waals surface area contributed by atoms with Gasteiger partial charge in [-0.15, -0.1) is 0 Å². The Kier molecular flexibility index (Phi) is 37.1. The lowest BCUT2D eigenvalue weighted by Crippen LogP contribution is -2.37. The Labute approximate surface area is 343 Å². The normalized spacial score (nSPS) is 14.8. The summed E-state index contributed by atoms with van der Waals surface area (Å²) < 4.78 is 34.7. The third kappa shape index (κ3) is 41.6. The topological polar surface area (TPSA) is 112 Å². The van der Waals surface area contributed by atoms with E-state index in [0.717, 1.165) is 57.8 Å². The number of quaternary nitrogens is 1. The van der Waals surface area contributed by atoms with Crippen molar-refractivity contribution in [1.29, 1.82) is 0 Å². The van der Waals surface area contributed by atoms with Crippen molar-refractivity contribution in [2.24, 2.45) is 0 Å². The molecule has 0 rings (SSSR count). The SMILES string of the molecule is CCCCCCCCCCCCCCCC/C=C/O[C@H](COC(=O)CCC/C=C\C/C=C\C/C=C\C/C=C\CC[C@@H](O)CC)COP(=O)(O)OCC[N+](C)(C)C. The number of hydrogen-bond donors (Lipinski definition) is 2. The Balaban J connectivity index is 4.39. The molecule has 0 heterocycles. The Morgan fingerprint density at radius 1 is 0.643 bits per heavy atom. The second kappa shape index (κ2) is 38.5. The van der Waals surface area contributed by atoms with Crippen molar-refractivity contribution in [3.05, 3.63) is 60.9 Å². The van der Waals surface area contributed by atoms with Gasteiger partial charge < -0.3 is 24.0 Å². The van der Waals surface area contributed by atoms with Crippen molar-refractivity contribution >= 4 is 13.8 Å². The van der Waals surface area contributed by atoms with Gasteiger partial charge in [-0.05, 0) is 70.3 Å². The number of ether oxygens (including phenoxy) is 2. The number of aliphatic hydroxyl groups excluding tert-OH is 1. The number of carbonyl (C=O) groups excluding carboxylic acids is 1. The van der Waals surface area contributed by atoms with E-state index in [0.29, 0.717) is 17.4 Å². The van der Waals surface area contributed by atoms with Crippen LogP contribution in [0, 0.1) is 0 Å². The van der Waals surface area contributed by atoms with Gasteiger partial charge in [0.2, 0.25) is 0 Å². The molecule has 0 saturated carbocycles. The molecule has 0 fully saturated rings. The van der Waals surface area contributed by atoms with Gasteiger partial charge in [-0.1, -0.05) is 146 Å². The number of rotatable bonds is 40. The number of allylic oxidation sites excluding steroid dienone is 9. The highest BCUT2D eigenvalue weighted by Crippen LogP contribution is 2.43. The molecule has 0 aliphatic carbocycles. The minimum absolute atomic E-state index is 0.0738. The number of unbranched alkanes of at least 4 members (excludes halogenated alkanes) is 15. The first-order valence-electron chi connectivity index (χ1n) is 22.2. The molecule has 0 bridgehead atoms. The average molecular weight is 811 g/mol. The van der Waals surface area contributed by atoms with Crippen molar-refractivity contribution in [3.63, 3.8) is 0 Å². The number of phosphoric ester groups is 1. The summed E-state index contributed by atoms with van der Waals surface area (Å²) in [6, 6.07) is 0. The maximum atomic E-state index is 12.5. The van der Waals surface area contributed by atoms with Crippen molar-refractivity contribution in [1.82, 2.24) is 0 Å². The Morgan fingerprint density at radius 3 is 1.68 bits per heavy atom. The van der Waals surface area contributed by atoms with Crippen molar-refractivity contribution in [2.45, 2.75) is 180 Å². The van der Waals surface area contributed by atoms with E-state index in [-0.39, 0.29) is 38.3 Å². The molecule has 3 atom stereocenters. The molecule has 0 radical (unpaired) electrons. The minimum atomic E-state index is -4.29. The molecular formula is C46H85NO8P+. The fourth-order valence-electron chi connectivity index (χ4n) is 5.63. The molecule has 0 spiro atoms. The van der Waals surface area contributed by atoms with E-state index >= 15 is 0 Å². The summed E-state index contributed by atoms with van der Waals surface area (Å²) in [5.41, 5.74) is 0. The van der Waals surface area contributed by atoms with Crippen molar-refractivity contribution < 1.29 is 42.4 Å². The second-order valence-electron chi connectivity index (χ2n) is 15.9. The molecule has 0 aromatic rings. The molecule has 0 aliphatic heterocycles. The van der Waals surface area contributed by atoms with E-state index in [1.807, 2.05) is 34.1 Å². The summed E-state index contributed by atoms with van der Waals surface area (Å²) >= 11 is 0. The molecule has 2 N–H and O–H groups in total. The maximum Gasteiger partial charge on any atom is 0.472 e. The molecule has 0 saturated heterocycles. The van der Waals surface area contributed by atoms with Gasteiger partial charge in [0, 0.05) is 6.42 Å². The molecule has 326 valence electrons. The lowest BCUT2D eigenvalue weighted by Gasteiger charge is -2.24. The number of likely N-dealkylation sites (N-methyl/N-ethyl adjacent to an activating group) is 1. The number of aliphatic hydroxyl groups is 1. The third-order valence-electron chi connectivity index (χ3n) is 9.33. The fraction of sp³-hybridized carbons (Fsp3) is 0.761. The van der Waals surface area contributed by atoms with Gasteiger partial charge in [0.05, 0.1) is 40.1 Å². The van der Waals surface area contributed by atoms with E-state index in [9.17, 15) is 19.4 Å². The monoisotopic (exact) mass is 811 g/mol. The summed E-state index contributed by atoms with van der Waals surface area (Å²) in [6.07, 6.45) is 45.9. The van der Waals surface area contributed by atoms with Crippen LogP contribution in [0.15, 0.2) is 60.9 Å². The highest BCUT2D eigenvalue weighted by atomic mass is 31.2. The van der Waals surface area contributed by atoms with Gasteiger partial charge in [0.25, 0.3) is 0 Å². The van der Waals surface area contributed by atoms with Crippen LogP contribution in [0.4, 0.5) is 0 Å². The maximum absolute atomic E-state index is 12.5. The van der Waals surface area contributed by atoms with Crippen LogP contribution in [-0.2, 0) is 27.9 Å². The molecule has 9 nitrogen and oxygen atoms in total. The first-order chi connectivity index (χ1) is 27.0. The fourth-order valence-corrected chi connectivity index (χ4v) is 6.37. The molecule has 56 heavy (non-hydrogen) atoms. The van der Waals surface area contributed by atoms with E-state index in [1.54, 1.807) is 6.26 Å². The summed E-state index contributed by atoms with van der Waals surface area (Å²) in [4.78, 5) is 22.6. The minimum Gasteiger partial charge on any atom is -0.492 e.